The van der Waals surface area contributed by atoms with Crippen molar-refractivity contribution < 1.29 is 14.7 Å². The van der Waals surface area contributed by atoms with E-state index < -0.39 is 5.97 Å². The number of amides is 1. The SMILES string of the molecule is CCCCNC(=O)c1ccc(/C=C/C(=O)O)cc1. The van der Waals surface area contributed by atoms with Gasteiger partial charge in [0, 0.05) is 18.2 Å². The van der Waals surface area contributed by atoms with E-state index in [1.165, 1.54) is 6.08 Å². The summed E-state index contributed by atoms with van der Waals surface area (Å²) in [6.45, 7) is 2.74. The summed E-state index contributed by atoms with van der Waals surface area (Å²) in [6.07, 6.45) is 4.56. The molecule has 0 aliphatic rings. The van der Waals surface area contributed by atoms with Gasteiger partial charge in [-0.2, -0.15) is 0 Å². The van der Waals surface area contributed by atoms with Gasteiger partial charge in [-0.25, -0.2) is 4.79 Å². The summed E-state index contributed by atoms with van der Waals surface area (Å²) in [5.74, 6) is -1.09. The maximum atomic E-state index is 11.7. The van der Waals surface area contributed by atoms with Crippen LogP contribution < -0.4 is 5.32 Å². The number of aliphatic carboxylic acids is 1. The molecular weight excluding hydrogens is 230 g/mol. The van der Waals surface area contributed by atoms with E-state index in [0.717, 1.165) is 24.5 Å². The van der Waals surface area contributed by atoms with Crippen LogP contribution in [-0.4, -0.2) is 23.5 Å². The second kappa shape index (κ2) is 7.27. The summed E-state index contributed by atoms with van der Waals surface area (Å²) >= 11 is 0. The third-order valence-electron chi connectivity index (χ3n) is 2.41. The van der Waals surface area contributed by atoms with Gasteiger partial charge in [0.2, 0.25) is 0 Å². The summed E-state index contributed by atoms with van der Waals surface area (Å²) < 4.78 is 0. The van der Waals surface area contributed by atoms with Gasteiger partial charge in [0.25, 0.3) is 5.91 Å². The Balaban J connectivity index is 2.59. The number of nitrogens with one attached hydrogen (secondary N) is 1. The minimum Gasteiger partial charge on any atom is -0.478 e. The fraction of sp³-hybridized carbons (Fsp3) is 0.286. The zero-order valence-corrected chi connectivity index (χ0v) is 10.3. The fourth-order valence-corrected chi connectivity index (χ4v) is 1.39. The second-order valence-corrected chi connectivity index (χ2v) is 3.90. The quantitative estimate of drug-likeness (QED) is 0.599. The fourth-order valence-electron chi connectivity index (χ4n) is 1.39. The summed E-state index contributed by atoms with van der Waals surface area (Å²) in [7, 11) is 0. The summed E-state index contributed by atoms with van der Waals surface area (Å²) in [5, 5.41) is 11.3. The first-order chi connectivity index (χ1) is 8.63. The van der Waals surface area contributed by atoms with Crippen molar-refractivity contribution in [3.63, 3.8) is 0 Å². The summed E-state index contributed by atoms with van der Waals surface area (Å²) in [4.78, 5) is 22.0. The van der Waals surface area contributed by atoms with Crippen molar-refractivity contribution in [1.29, 1.82) is 0 Å². The number of carbonyl (C=O) groups is 2. The molecule has 0 heterocycles. The minimum absolute atomic E-state index is 0.0998. The van der Waals surface area contributed by atoms with Crippen LogP contribution in [0.3, 0.4) is 0 Å². The zero-order chi connectivity index (χ0) is 13.4. The smallest absolute Gasteiger partial charge is 0.328 e. The maximum Gasteiger partial charge on any atom is 0.328 e. The number of benzene rings is 1. The predicted octanol–water partition coefficient (Wildman–Crippen LogP) is 2.31. The van der Waals surface area contributed by atoms with Crippen molar-refractivity contribution in [1.82, 2.24) is 5.32 Å². The van der Waals surface area contributed by atoms with Crippen LogP contribution in [0.15, 0.2) is 30.3 Å². The zero-order valence-electron chi connectivity index (χ0n) is 10.3. The highest BCUT2D eigenvalue weighted by atomic mass is 16.4. The highest BCUT2D eigenvalue weighted by Crippen LogP contribution is 2.06. The Labute approximate surface area is 106 Å². The second-order valence-electron chi connectivity index (χ2n) is 3.90. The van der Waals surface area contributed by atoms with Crippen LogP contribution in [0.25, 0.3) is 6.08 Å². The molecule has 0 bridgehead atoms. The van der Waals surface area contributed by atoms with E-state index in [4.69, 9.17) is 5.11 Å². The highest BCUT2D eigenvalue weighted by molar-refractivity contribution is 5.94. The molecule has 0 radical (unpaired) electrons. The molecule has 1 aromatic carbocycles. The molecule has 0 saturated carbocycles. The molecule has 18 heavy (non-hydrogen) atoms. The molecule has 0 aliphatic carbocycles. The van der Waals surface area contributed by atoms with Gasteiger partial charge < -0.3 is 10.4 Å². The molecule has 4 nitrogen and oxygen atoms in total. The molecule has 4 heteroatoms. The number of carboxylic acids is 1. The molecule has 2 N–H and O–H groups in total. The molecule has 0 saturated heterocycles. The number of hydrogen-bond donors (Lipinski definition) is 2. The summed E-state index contributed by atoms with van der Waals surface area (Å²) in [6, 6.07) is 6.80. The highest BCUT2D eigenvalue weighted by Gasteiger charge is 2.03. The van der Waals surface area contributed by atoms with Crippen molar-refractivity contribution in [2.24, 2.45) is 0 Å². The normalized spacial score (nSPS) is 10.5. The Bertz CT molecular complexity index is 435. The summed E-state index contributed by atoms with van der Waals surface area (Å²) in [5.41, 5.74) is 1.33. The van der Waals surface area contributed by atoms with E-state index in [-0.39, 0.29) is 5.91 Å². The Hall–Kier alpha value is -2.10. The Morgan fingerprint density at radius 3 is 2.50 bits per heavy atom. The van der Waals surface area contributed by atoms with Crippen LogP contribution >= 0.6 is 0 Å². The average Bonchev–Trinajstić information content (AvgIpc) is 2.37. The molecule has 1 amide bonds. The molecule has 0 unspecified atom stereocenters. The largest absolute Gasteiger partial charge is 0.478 e. The standard InChI is InChI=1S/C14H17NO3/c1-2-3-10-15-14(18)12-7-4-11(5-8-12)6-9-13(16)17/h4-9H,2-3,10H2,1H3,(H,15,18)(H,16,17)/b9-6+. The molecule has 0 aliphatic heterocycles. The van der Waals surface area contributed by atoms with Crippen LogP contribution in [0.4, 0.5) is 0 Å². The number of rotatable bonds is 6. The van der Waals surface area contributed by atoms with Crippen LogP contribution in [0.5, 0.6) is 0 Å². The van der Waals surface area contributed by atoms with Crippen molar-refractivity contribution >= 4 is 18.0 Å². The van der Waals surface area contributed by atoms with Crippen molar-refractivity contribution in [2.45, 2.75) is 19.8 Å². The minimum atomic E-state index is -0.989. The number of hydrogen-bond acceptors (Lipinski definition) is 2. The van der Waals surface area contributed by atoms with E-state index in [0.29, 0.717) is 12.1 Å². The molecule has 0 aromatic heterocycles. The third kappa shape index (κ3) is 4.82. The van der Waals surface area contributed by atoms with Crippen molar-refractivity contribution in [2.75, 3.05) is 6.54 Å². The Morgan fingerprint density at radius 1 is 1.28 bits per heavy atom. The molecule has 0 spiro atoms. The van der Waals surface area contributed by atoms with E-state index in [9.17, 15) is 9.59 Å². The van der Waals surface area contributed by atoms with E-state index in [2.05, 4.69) is 12.2 Å². The first-order valence-electron chi connectivity index (χ1n) is 5.92. The van der Waals surface area contributed by atoms with Crippen LogP contribution in [0.1, 0.15) is 35.7 Å². The first-order valence-corrected chi connectivity index (χ1v) is 5.92. The molecule has 96 valence electrons. The topological polar surface area (TPSA) is 66.4 Å². The molecule has 1 aromatic rings. The maximum absolute atomic E-state index is 11.7. The van der Waals surface area contributed by atoms with Gasteiger partial charge in [0.1, 0.15) is 0 Å². The molecule has 0 atom stereocenters. The van der Waals surface area contributed by atoms with Gasteiger partial charge in [0.15, 0.2) is 0 Å². The monoisotopic (exact) mass is 247 g/mol. The van der Waals surface area contributed by atoms with E-state index in [1.54, 1.807) is 24.3 Å². The van der Waals surface area contributed by atoms with Gasteiger partial charge in [0.05, 0.1) is 0 Å². The van der Waals surface area contributed by atoms with Crippen LogP contribution in [0.2, 0.25) is 0 Å². The van der Waals surface area contributed by atoms with Gasteiger partial charge >= 0.3 is 5.97 Å². The van der Waals surface area contributed by atoms with Crippen LogP contribution in [-0.2, 0) is 4.79 Å². The lowest BCUT2D eigenvalue weighted by Crippen LogP contribution is -2.24. The van der Waals surface area contributed by atoms with Crippen molar-refractivity contribution in [3.05, 3.63) is 41.5 Å². The molecule has 0 fully saturated rings. The van der Waals surface area contributed by atoms with Gasteiger partial charge in [-0.05, 0) is 30.2 Å². The van der Waals surface area contributed by atoms with E-state index in [1.807, 2.05) is 0 Å². The first kappa shape index (κ1) is 14.0. The Morgan fingerprint density at radius 2 is 1.94 bits per heavy atom. The Kier molecular flexibility index (Phi) is 5.64. The van der Waals surface area contributed by atoms with Crippen LogP contribution in [0, 0.1) is 0 Å². The lowest BCUT2D eigenvalue weighted by atomic mass is 10.1. The van der Waals surface area contributed by atoms with Crippen molar-refractivity contribution in [3.8, 4) is 0 Å². The van der Waals surface area contributed by atoms with Gasteiger partial charge in [-0.1, -0.05) is 25.5 Å². The lowest BCUT2D eigenvalue weighted by molar-refractivity contribution is -0.131. The third-order valence-corrected chi connectivity index (χ3v) is 2.41. The number of unbranched alkanes of at least 4 members (excludes halogenated alkanes) is 1. The number of carboxylic acid groups (broad SMARTS) is 1. The average molecular weight is 247 g/mol. The van der Waals surface area contributed by atoms with Gasteiger partial charge in [-0.3, -0.25) is 4.79 Å². The number of carbonyl (C=O) groups excluding carboxylic acids is 1. The molecule has 1 rings (SSSR count). The molecular formula is C14H17NO3. The van der Waals surface area contributed by atoms with E-state index >= 15 is 0 Å². The predicted molar refractivity (Wildman–Crippen MR) is 70.4 cm³/mol. The van der Waals surface area contributed by atoms with Gasteiger partial charge in [-0.15, -0.1) is 0 Å². The lowest BCUT2D eigenvalue weighted by Gasteiger charge is -2.04.